The van der Waals surface area contributed by atoms with Crippen LogP contribution in [-0.4, -0.2) is 10.1 Å². The molecule has 2 heteroatoms. The molecule has 1 aliphatic rings. The number of hydrogen-bond donors (Lipinski definition) is 1. The molecule has 0 fully saturated rings. The van der Waals surface area contributed by atoms with Crippen LogP contribution in [0.4, 0.5) is 0 Å². The monoisotopic (exact) mass is 311 g/mol. The summed E-state index contributed by atoms with van der Waals surface area (Å²) in [5, 5.41) is 13.5. The van der Waals surface area contributed by atoms with Gasteiger partial charge in [0.05, 0.1) is 11.2 Å². The highest BCUT2D eigenvalue weighted by molar-refractivity contribution is 6.09. The maximum atomic E-state index is 9.57. The van der Waals surface area contributed by atoms with E-state index >= 15 is 0 Å². The van der Waals surface area contributed by atoms with Crippen LogP contribution in [0.25, 0.3) is 32.9 Å². The number of fused-ring (bicyclic) bond motifs is 5. The molecular formula is C22H17NO. The quantitative estimate of drug-likeness (QED) is 0.487. The van der Waals surface area contributed by atoms with Gasteiger partial charge in [-0.2, -0.15) is 0 Å². The van der Waals surface area contributed by atoms with Crippen molar-refractivity contribution >= 4 is 21.7 Å². The average molecular weight is 311 g/mol. The SMILES string of the molecule is Oc1ccc(-c2nc3ccc4ccccc4c3c3c2CCC3)cc1. The van der Waals surface area contributed by atoms with Gasteiger partial charge in [0.2, 0.25) is 0 Å². The van der Waals surface area contributed by atoms with E-state index in [1.54, 1.807) is 12.1 Å². The van der Waals surface area contributed by atoms with Gasteiger partial charge < -0.3 is 5.11 Å². The number of phenolic OH excluding ortho intramolecular Hbond substituents is 1. The molecule has 1 heterocycles. The van der Waals surface area contributed by atoms with E-state index < -0.39 is 0 Å². The molecule has 24 heavy (non-hydrogen) atoms. The summed E-state index contributed by atoms with van der Waals surface area (Å²) in [4.78, 5) is 5.02. The maximum absolute atomic E-state index is 9.57. The Morgan fingerprint density at radius 1 is 0.792 bits per heavy atom. The van der Waals surface area contributed by atoms with Gasteiger partial charge >= 0.3 is 0 Å². The smallest absolute Gasteiger partial charge is 0.115 e. The number of phenols is 1. The molecule has 0 amide bonds. The second-order valence-corrected chi connectivity index (χ2v) is 6.50. The van der Waals surface area contributed by atoms with Gasteiger partial charge in [0.25, 0.3) is 0 Å². The molecule has 0 unspecified atom stereocenters. The van der Waals surface area contributed by atoms with E-state index in [4.69, 9.17) is 4.98 Å². The fourth-order valence-corrected chi connectivity index (χ4v) is 4.00. The number of nitrogens with zero attached hydrogens (tertiary/aromatic N) is 1. The minimum absolute atomic E-state index is 0.294. The molecule has 3 aromatic carbocycles. The minimum Gasteiger partial charge on any atom is -0.508 e. The molecule has 1 N–H and O–H groups in total. The lowest BCUT2D eigenvalue weighted by atomic mass is 9.95. The van der Waals surface area contributed by atoms with Gasteiger partial charge in [0.15, 0.2) is 0 Å². The van der Waals surface area contributed by atoms with Crippen molar-refractivity contribution in [2.45, 2.75) is 19.3 Å². The van der Waals surface area contributed by atoms with E-state index in [-0.39, 0.29) is 0 Å². The summed E-state index contributed by atoms with van der Waals surface area (Å²) in [6, 6.07) is 20.3. The summed E-state index contributed by atoms with van der Waals surface area (Å²) < 4.78 is 0. The third-order valence-corrected chi connectivity index (χ3v) is 5.09. The minimum atomic E-state index is 0.294. The van der Waals surface area contributed by atoms with E-state index in [0.29, 0.717) is 5.75 Å². The summed E-state index contributed by atoms with van der Waals surface area (Å²) >= 11 is 0. The van der Waals surface area contributed by atoms with Crippen LogP contribution in [0.3, 0.4) is 0 Å². The summed E-state index contributed by atoms with van der Waals surface area (Å²) in [6.07, 6.45) is 3.38. The van der Waals surface area contributed by atoms with Crippen molar-refractivity contribution in [3.8, 4) is 17.0 Å². The van der Waals surface area contributed by atoms with Gasteiger partial charge in [-0.05, 0) is 71.5 Å². The Hall–Kier alpha value is -2.87. The van der Waals surface area contributed by atoms with Crippen LogP contribution in [-0.2, 0) is 12.8 Å². The molecule has 0 bridgehead atoms. The molecule has 0 saturated heterocycles. The Labute approximate surface area is 140 Å². The molecule has 0 aliphatic heterocycles. The lowest BCUT2D eigenvalue weighted by molar-refractivity contribution is 0.475. The molecule has 2 nitrogen and oxygen atoms in total. The summed E-state index contributed by atoms with van der Waals surface area (Å²) in [5.74, 6) is 0.294. The van der Waals surface area contributed by atoms with Gasteiger partial charge in [0.1, 0.15) is 5.75 Å². The zero-order valence-electron chi connectivity index (χ0n) is 13.3. The van der Waals surface area contributed by atoms with Crippen LogP contribution in [0.5, 0.6) is 5.75 Å². The molecule has 0 spiro atoms. The Morgan fingerprint density at radius 3 is 2.46 bits per heavy atom. The zero-order valence-corrected chi connectivity index (χ0v) is 13.3. The van der Waals surface area contributed by atoms with Gasteiger partial charge in [-0.3, -0.25) is 0 Å². The van der Waals surface area contributed by atoms with Crippen molar-refractivity contribution in [3.05, 3.63) is 71.8 Å². The van der Waals surface area contributed by atoms with Gasteiger partial charge in [-0.15, -0.1) is 0 Å². The fourth-order valence-electron chi connectivity index (χ4n) is 4.00. The molecule has 0 atom stereocenters. The van der Waals surface area contributed by atoms with Crippen LogP contribution in [0.1, 0.15) is 17.5 Å². The Kier molecular flexibility index (Phi) is 2.86. The van der Waals surface area contributed by atoms with E-state index in [2.05, 4.69) is 36.4 Å². The highest BCUT2D eigenvalue weighted by Crippen LogP contribution is 2.39. The van der Waals surface area contributed by atoms with Crippen LogP contribution in [0.15, 0.2) is 60.7 Å². The van der Waals surface area contributed by atoms with E-state index in [0.717, 1.165) is 29.6 Å². The summed E-state index contributed by atoms with van der Waals surface area (Å²) in [5.41, 5.74) is 6.06. The number of hydrogen-bond acceptors (Lipinski definition) is 2. The average Bonchev–Trinajstić information content (AvgIpc) is 3.11. The van der Waals surface area contributed by atoms with Gasteiger partial charge in [-0.25, -0.2) is 4.98 Å². The van der Waals surface area contributed by atoms with Crippen LogP contribution in [0.2, 0.25) is 0 Å². The predicted octanol–water partition coefficient (Wildman–Crippen LogP) is 5.25. The molecule has 0 saturated carbocycles. The maximum Gasteiger partial charge on any atom is 0.115 e. The lowest BCUT2D eigenvalue weighted by Gasteiger charge is -2.13. The van der Waals surface area contributed by atoms with Crippen molar-refractivity contribution in [3.63, 3.8) is 0 Å². The lowest BCUT2D eigenvalue weighted by Crippen LogP contribution is -1.96. The Balaban J connectivity index is 1.88. The molecule has 1 aromatic heterocycles. The first-order chi connectivity index (χ1) is 11.8. The van der Waals surface area contributed by atoms with Crippen molar-refractivity contribution in [1.29, 1.82) is 0 Å². The second-order valence-electron chi connectivity index (χ2n) is 6.50. The summed E-state index contributed by atoms with van der Waals surface area (Å²) in [7, 11) is 0. The third-order valence-electron chi connectivity index (χ3n) is 5.09. The predicted molar refractivity (Wildman–Crippen MR) is 98.4 cm³/mol. The normalized spacial score (nSPS) is 13.5. The van der Waals surface area contributed by atoms with Crippen molar-refractivity contribution < 1.29 is 5.11 Å². The molecule has 5 rings (SSSR count). The standard InChI is InChI=1S/C22H17NO/c24-16-11-8-15(9-12-16)22-19-7-3-6-18(19)21-17-5-2-1-4-14(17)10-13-20(21)23-22/h1-2,4-5,8-13,24H,3,6-7H2. The van der Waals surface area contributed by atoms with Crippen molar-refractivity contribution in [2.24, 2.45) is 0 Å². The van der Waals surface area contributed by atoms with E-state index in [1.165, 1.54) is 33.7 Å². The largest absolute Gasteiger partial charge is 0.508 e. The van der Waals surface area contributed by atoms with Crippen LogP contribution in [0, 0.1) is 0 Å². The number of benzene rings is 3. The molecule has 0 radical (unpaired) electrons. The first-order valence-electron chi connectivity index (χ1n) is 8.44. The third kappa shape index (κ3) is 1.93. The number of aromatic hydroxyl groups is 1. The number of aromatic nitrogens is 1. The molecule has 1 aliphatic carbocycles. The number of aryl methyl sites for hydroxylation is 1. The molecule has 116 valence electrons. The van der Waals surface area contributed by atoms with Gasteiger partial charge in [-0.1, -0.05) is 30.3 Å². The fraction of sp³-hybridized carbons (Fsp3) is 0.136. The van der Waals surface area contributed by atoms with Crippen LogP contribution >= 0.6 is 0 Å². The van der Waals surface area contributed by atoms with Crippen LogP contribution < -0.4 is 0 Å². The first kappa shape index (κ1) is 13.6. The Bertz CT molecular complexity index is 1080. The molecule has 4 aromatic rings. The van der Waals surface area contributed by atoms with E-state index in [9.17, 15) is 5.11 Å². The van der Waals surface area contributed by atoms with E-state index in [1.807, 2.05) is 12.1 Å². The molecular weight excluding hydrogens is 294 g/mol. The second kappa shape index (κ2) is 5.07. The highest BCUT2D eigenvalue weighted by Gasteiger charge is 2.21. The van der Waals surface area contributed by atoms with Crippen molar-refractivity contribution in [1.82, 2.24) is 4.98 Å². The number of rotatable bonds is 1. The van der Waals surface area contributed by atoms with Gasteiger partial charge in [0, 0.05) is 10.9 Å². The summed E-state index contributed by atoms with van der Waals surface area (Å²) in [6.45, 7) is 0. The highest BCUT2D eigenvalue weighted by atomic mass is 16.3. The first-order valence-corrected chi connectivity index (χ1v) is 8.44. The zero-order chi connectivity index (χ0) is 16.1. The topological polar surface area (TPSA) is 33.1 Å². The van der Waals surface area contributed by atoms with Crippen molar-refractivity contribution in [2.75, 3.05) is 0 Å². The Morgan fingerprint density at radius 2 is 1.58 bits per heavy atom. The number of pyridine rings is 1.